The highest BCUT2D eigenvalue weighted by Gasteiger charge is 2.33. The van der Waals surface area contributed by atoms with Crippen molar-refractivity contribution in [3.63, 3.8) is 0 Å². The van der Waals surface area contributed by atoms with Gasteiger partial charge < -0.3 is 9.80 Å². The first-order valence-corrected chi connectivity index (χ1v) is 11.6. The van der Waals surface area contributed by atoms with Crippen LogP contribution in [0.15, 0.2) is 48.5 Å². The molecule has 0 spiro atoms. The van der Waals surface area contributed by atoms with E-state index in [1.54, 1.807) is 0 Å². The number of hydrogen-bond donors (Lipinski definition) is 1. The second kappa shape index (κ2) is 10.3. The molecule has 1 aliphatic rings. The number of halogens is 1. The second-order valence-corrected chi connectivity index (χ2v) is 9.06. The molecule has 1 saturated heterocycles. The lowest BCUT2D eigenvalue weighted by Crippen LogP contribution is -3.12. The third-order valence-electron chi connectivity index (χ3n) is 5.37. The number of carbonyl (C=O) groups excluding carboxylic acids is 1. The van der Waals surface area contributed by atoms with E-state index in [0.29, 0.717) is 6.54 Å². The van der Waals surface area contributed by atoms with Gasteiger partial charge in [-0.3, -0.25) is 4.79 Å². The van der Waals surface area contributed by atoms with Crippen LogP contribution in [0.5, 0.6) is 0 Å². The third-order valence-corrected chi connectivity index (χ3v) is 6.96. The van der Waals surface area contributed by atoms with Crippen LogP contribution >= 0.6 is 23.4 Å². The van der Waals surface area contributed by atoms with Gasteiger partial charge >= 0.3 is 0 Å². The van der Waals surface area contributed by atoms with Gasteiger partial charge in [-0.25, -0.2) is 0 Å². The summed E-state index contributed by atoms with van der Waals surface area (Å²) in [6.07, 6.45) is 2.28. The van der Waals surface area contributed by atoms with E-state index in [1.165, 1.54) is 16.0 Å². The summed E-state index contributed by atoms with van der Waals surface area (Å²) in [5.74, 6) is 1.19. The van der Waals surface area contributed by atoms with Crippen LogP contribution in [0.4, 0.5) is 0 Å². The van der Waals surface area contributed by atoms with E-state index in [2.05, 4.69) is 38.1 Å². The highest BCUT2D eigenvalue weighted by molar-refractivity contribution is 7.99. The van der Waals surface area contributed by atoms with Crippen LogP contribution in [0, 0.1) is 6.92 Å². The monoisotopic (exact) mass is 417 g/mol. The van der Waals surface area contributed by atoms with Gasteiger partial charge in [-0.15, -0.1) is 11.8 Å². The molecular formula is C23H30ClN2OS+. The number of quaternary nitrogens is 1. The second-order valence-electron chi connectivity index (χ2n) is 7.47. The van der Waals surface area contributed by atoms with E-state index < -0.39 is 0 Å². The molecule has 0 bridgehead atoms. The molecule has 1 unspecified atom stereocenters. The van der Waals surface area contributed by atoms with Gasteiger partial charge in [0.05, 0.1) is 6.54 Å². The first-order valence-electron chi connectivity index (χ1n) is 10.1. The molecular weight excluding hydrogens is 388 g/mol. The highest BCUT2D eigenvalue weighted by atomic mass is 35.5. The zero-order valence-electron chi connectivity index (χ0n) is 16.8. The first-order chi connectivity index (χ1) is 13.6. The fourth-order valence-electron chi connectivity index (χ4n) is 3.72. The van der Waals surface area contributed by atoms with Gasteiger partial charge in [0.15, 0.2) is 6.54 Å². The minimum atomic E-state index is 0.0343. The van der Waals surface area contributed by atoms with Crippen LogP contribution < -0.4 is 4.90 Å². The average Bonchev–Trinajstić information content (AvgIpc) is 3.18. The normalized spacial score (nSPS) is 17.7. The topological polar surface area (TPSA) is 24.8 Å². The number of thioether (sulfide) groups is 1. The smallest absolute Gasteiger partial charge is 0.278 e. The predicted octanol–water partition coefficient (Wildman–Crippen LogP) is 4.11. The average molecular weight is 418 g/mol. The summed E-state index contributed by atoms with van der Waals surface area (Å²) in [6.45, 7) is 7.61. The molecule has 1 N–H and O–H groups in total. The van der Waals surface area contributed by atoms with Crippen LogP contribution in [0.1, 0.15) is 41.8 Å². The van der Waals surface area contributed by atoms with Crippen molar-refractivity contribution in [1.29, 1.82) is 0 Å². The molecule has 2 atom stereocenters. The van der Waals surface area contributed by atoms with E-state index in [-0.39, 0.29) is 11.3 Å². The maximum Gasteiger partial charge on any atom is 0.278 e. The molecule has 5 heteroatoms. The quantitative estimate of drug-likeness (QED) is 0.699. The Morgan fingerprint density at radius 2 is 1.96 bits per heavy atom. The maximum absolute atomic E-state index is 13.2. The Labute approximate surface area is 178 Å². The Kier molecular flexibility index (Phi) is 7.83. The summed E-state index contributed by atoms with van der Waals surface area (Å²) in [4.78, 5) is 16.6. The SMILES string of the molecule is CCCC[NH+](CC(=O)N1CCS[C@@H]1c1ccccc1Cl)Cc1ccccc1C. The molecule has 0 aliphatic carbocycles. The van der Waals surface area contributed by atoms with Crippen molar-refractivity contribution >= 4 is 29.3 Å². The van der Waals surface area contributed by atoms with Gasteiger partial charge in [-0.2, -0.15) is 0 Å². The third kappa shape index (κ3) is 5.31. The Balaban J connectivity index is 1.71. The summed E-state index contributed by atoms with van der Waals surface area (Å²) in [7, 11) is 0. The molecule has 1 heterocycles. The number of rotatable bonds is 8. The molecule has 1 fully saturated rings. The number of nitrogens with zero attached hydrogens (tertiary/aromatic N) is 1. The van der Waals surface area contributed by atoms with Gasteiger partial charge in [-0.1, -0.05) is 67.4 Å². The summed E-state index contributed by atoms with van der Waals surface area (Å²) < 4.78 is 0. The molecule has 2 aromatic rings. The van der Waals surface area contributed by atoms with Crippen molar-refractivity contribution in [3.05, 3.63) is 70.2 Å². The van der Waals surface area contributed by atoms with Crippen molar-refractivity contribution in [2.24, 2.45) is 0 Å². The van der Waals surface area contributed by atoms with Gasteiger partial charge in [0.1, 0.15) is 11.9 Å². The standard InChI is InChI=1S/C23H29ClN2OS/c1-3-4-13-25(16-19-10-6-5-9-18(19)2)17-22(27)26-14-15-28-23(26)20-11-7-8-12-21(20)24/h5-12,23H,3-4,13-17H2,1-2H3/p+1/t23-/m1/s1. The highest BCUT2D eigenvalue weighted by Crippen LogP contribution is 2.40. The van der Waals surface area contributed by atoms with Crippen LogP contribution in [0.25, 0.3) is 0 Å². The fraction of sp³-hybridized carbons (Fsp3) is 0.435. The van der Waals surface area contributed by atoms with Crippen molar-refractivity contribution in [1.82, 2.24) is 4.90 Å². The molecule has 1 amide bonds. The van der Waals surface area contributed by atoms with Crippen molar-refractivity contribution in [3.8, 4) is 0 Å². The fourth-order valence-corrected chi connectivity index (χ4v) is 5.33. The first kappa shape index (κ1) is 21.2. The zero-order valence-corrected chi connectivity index (χ0v) is 18.4. The molecule has 3 nitrogen and oxygen atoms in total. The van der Waals surface area contributed by atoms with Crippen LogP contribution in [-0.2, 0) is 11.3 Å². The zero-order chi connectivity index (χ0) is 19.9. The van der Waals surface area contributed by atoms with Gasteiger partial charge in [0.2, 0.25) is 0 Å². The van der Waals surface area contributed by atoms with Gasteiger partial charge in [-0.05, 0) is 25.0 Å². The molecule has 3 rings (SSSR count). The minimum absolute atomic E-state index is 0.0343. The number of unbranched alkanes of at least 4 members (excludes halogenated alkanes) is 1. The number of amides is 1. The lowest BCUT2D eigenvalue weighted by Gasteiger charge is -2.27. The van der Waals surface area contributed by atoms with Crippen molar-refractivity contribution < 1.29 is 9.69 Å². The Morgan fingerprint density at radius 3 is 2.71 bits per heavy atom. The summed E-state index contributed by atoms with van der Waals surface area (Å²) in [6, 6.07) is 16.4. The number of hydrogen-bond acceptors (Lipinski definition) is 2. The number of aryl methyl sites for hydroxylation is 1. The Bertz CT molecular complexity index is 798. The predicted molar refractivity (Wildman–Crippen MR) is 119 cm³/mol. The lowest BCUT2D eigenvalue weighted by atomic mass is 10.1. The van der Waals surface area contributed by atoms with Crippen LogP contribution in [-0.4, -0.2) is 36.2 Å². The molecule has 28 heavy (non-hydrogen) atoms. The van der Waals surface area contributed by atoms with Crippen molar-refractivity contribution in [2.45, 2.75) is 38.6 Å². The van der Waals surface area contributed by atoms with Crippen LogP contribution in [0.3, 0.4) is 0 Å². The van der Waals surface area contributed by atoms with E-state index in [4.69, 9.17) is 11.6 Å². The number of carbonyl (C=O) groups is 1. The molecule has 0 radical (unpaired) electrons. The molecule has 0 aromatic heterocycles. The van der Waals surface area contributed by atoms with Crippen LogP contribution in [0.2, 0.25) is 5.02 Å². The van der Waals surface area contributed by atoms with E-state index in [0.717, 1.165) is 48.8 Å². The largest absolute Gasteiger partial charge is 0.323 e. The molecule has 1 aliphatic heterocycles. The lowest BCUT2D eigenvalue weighted by molar-refractivity contribution is -0.906. The summed E-state index contributed by atoms with van der Waals surface area (Å²) >= 11 is 8.23. The molecule has 2 aromatic carbocycles. The summed E-state index contributed by atoms with van der Waals surface area (Å²) in [5.41, 5.74) is 3.68. The maximum atomic E-state index is 13.2. The number of nitrogens with one attached hydrogen (secondary N) is 1. The van der Waals surface area contributed by atoms with Crippen molar-refractivity contribution in [2.75, 3.05) is 25.4 Å². The van der Waals surface area contributed by atoms with Gasteiger partial charge in [0, 0.05) is 28.4 Å². The Morgan fingerprint density at radius 1 is 1.21 bits per heavy atom. The van der Waals surface area contributed by atoms with E-state index >= 15 is 0 Å². The minimum Gasteiger partial charge on any atom is -0.323 e. The Hall–Kier alpha value is -1.49. The molecule has 0 saturated carbocycles. The summed E-state index contributed by atoms with van der Waals surface area (Å²) in [5, 5.41) is 0.780. The van der Waals surface area contributed by atoms with E-state index in [9.17, 15) is 4.79 Å². The number of benzene rings is 2. The van der Waals surface area contributed by atoms with Gasteiger partial charge in [0.25, 0.3) is 5.91 Å². The van der Waals surface area contributed by atoms with E-state index in [1.807, 2.05) is 40.9 Å². The molecule has 150 valence electrons.